The van der Waals surface area contributed by atoms with Gasteiger partial charge in [0.25, 0.3) is 5.91 Å². The predicted molar refractivity (Wildman–Crippen MR) is 101 cm³/mol. The molecular weight excluding hydrogens is 346 g/mol. The van der Waals surface area contributed by atoms with Crippen LogP contribution in [-0.4, -0.2) is 28.9 Å². The lowest BCUT2D eigenvalue weighted by Gasteiger charge is -2.33. The Morgan fingerprint density at radius 1 is 1.00 bits per heavy atom. The van der Waals surface area contributed by atoms with Gasteiger partial charge in [0, 0.05) is 41.6 Å². The number of halogens is 1. The van der Waals surface area contributed by atoms with E-state index in [4.69, 9.17) is 11.6 Å². The van der Waals surface area contributed by atoms with Gasteiger partial charge < -0.3 is 4.90 Å². The molecule has 1 fully saturated rings. The average Bonchev–Trinajstić information content (AvgIpc) is 3.22. The molecule has 1 N–H and O–H groups in total. The number of pyridine rings is 1. The number of hydrogen-bond donors (Lipinski definition) is 1. The molecule has 1 aromatic heterocycles. The van der Waals surface area contributed by atoms with E-state index in [2.05, 4.69) is 16.4 Å². The number of nitrogens with zero attached hydrogens (tertiary/aromatic N) is 2. The van der Waals surface area contributed by atoms with Gasteiger partial charge in [-0.3, -0.25) is 15.1 Å². The predicted octanol–water partition coefficient (Wildman–Crippen LogP) is 3.66. The zero-order valence-corrected chi connectivity index (χ0v) is 14.7. The van der Waals surface area contributed by atoms with Crippen molar-refractivity contribution in [3.05, 3.63) is 88.7 Å². The van der Waals surface area contributed by atoms with Gasteiger partial charge in [-0.1, -0.05) is 29.8 Å². The van der Waals surface area contributed by atoms with Crippen LogP contribution in [0, 0.1) is 0 Å². The van der Waals surface area contributed by atoms with Crippen molar-refractivity contribution >= 4 is 17.5 Å². The summed E-state index contributed by atoms with van der Waals surface area (Å²) >= 11 is 6.09. The Morgan fingerprint density at radius 3 is 2.54 bits per heavy atom. The fraction of sp³-hybridized carbons (Fsp3) is 0.143. The van der Waals surface area contributed by atoms with Crippen LogP contribution in [0.4, 0.5) is 0 Å². The molecule has 1 amide bonds. The number of aromatic nitrogens is 1. The zero-order valence-electron chi connectivity index (χ0n) is 13.9. The molecule has 1 atom stereocenters. The summed E-state index contributed by atoms with van der Waals surface area (Å²) in [6, 6.07) is 17.8. The number of nitrogens with one attached hydrogen (secondary N) is 1. The van der Waals surface area contributed by atoms with Gasteiger partial charge in [0.05, 0.1) is 0 Å². The normalized spacial score (nSPS) is 21.0. The van der Waals surface area contributed by atoms with Crippen LogP contribution < -0.4 is 5.32 Å². The first-order valence-corrected chi connectivity index (χ1v) is 8.96. The van der Waals surface area contributed by atoms with Gasteiger partial charge >= 0.3 is 0 Å². The number of carbonyl (C=O) groups is 1. The summed E-state index contributed by atoms with van der Waals surface area (Å²) in [7, 11) is 0. The highest BCUT2D eigenvalue weighted by Gasteiger charge is 2.53. The van der Waals surface area contributed by atoms with E-state index in [1.165, 1.54) is 0 Å². The van der Waals surface area contributed by atoms with Crippen LogP contribution in [-0.2, 0) is 5.66 Å². The average molecular weight is 362 g/mol. The first-order valence-electron chi connectivity index (χ1n) is 8.58. The van der Waals surface area contributed by atoms with Crippen molar-refractivity contribution in [3.8, 4) is 11.1 Å². The van der Waals surface area contributed by atoms with E-state index < -0.39 is 5.66 Å². The third-order valence-electron chi connectivity index (χ3n) is 5.28. The van der Waals surface area contributed by atoms with Gasteiger partial charge in [-0.05, 0) is 53.1 Å². The van der Waals surface area contributed by atoms with E-state index in [9.17, 15) is 4.79 Å². The van der Waals surface area contributed by atoms with Gasteiger partial charge in [0.1, 0.15) is 5.66 Å². The molecule has 1 saturated heterocycles. The second-order valence-electron chi connectivity index (χ2n) is 6.60. The maximum atomic E-state index is 13.0. The highest BCUT2D eigenvalue weighted by atomic mass is 35.5. The Bertz CT molecular complexity index is 1000. The highest BCUT2D eigenvalue weighted by Crippen LogP contribution is 2.45. The molecule has 0 bridgehead atoms. The Morgan fingerprint density at radius 2 is 1.77 bits per heavy atom. The van der Waals surface area contributed by atoms with Crippen LogP contribution in [0.25, 0.3) is 11.1 Å². The molecule has 26 heavy (non-hydrogen) atoms. The Kier molecular flexibility index (Phi) is 3.39. The lowest BCUT2D eigenvalue weighted by Crippen LogP contribution is -2.46. The van der Waals surface area contributed by atoms with E-state index >= 15 is 0 Å². The lowest BCUT2D eigenvalue weighted by atomic mass is 9.89. The lowest BCUT2D eigenvalue weighted by molar-refractivity contribution is 0.0694. The quantitative estimate of drug-likeness (QED) is 0.757. The summed E-state index contributed by atoms with van der Waals surface area (Å²) in [5.74, 6) is 0.0706. The van der Waals surface area contributed by atoms with Crippen molar-refractivity contribution in [2.75, 3.05) is 13.1 Å². The molecule has 1 unspecified atom stereocenters. The van der Waals surface area contributed by atoms with E-state index in [0.29, 0.717) is 11.6 Å². The van der Waals surface area contributed by atoms with Gasteiger partial charge in [0.15, 0.2) is 0 Å². The second-order valence-corrected chi connectivity index (χ2v) is 7.03. The van der Waals surface area contributed by atoms with E-state index in [1.807, 2.05) is 53.4 Å². The number of hydrogen-bond acceptors (Lipinski definition) is 3. The Balaban J connectivity index is 1.74. The van der Waals surface area contributed by atoms with Crippen molar-refractivity contribution < 1.29 is 4.79 Å². The Labute approximate surface area is 156 Å². The molecule has 5 rings (SSSR count). The first-order chi connectivity index (χ1) is 12.7. The molecule has 0 saturated carbocycles. The smallest absolute Gasteiger partial charge is 0.256 e. The van der Waals surface area contributed by atoms with Crippen molar-refractivity contribution in [1.82, 2.24) is 15.2 Å². The molecule has 0 spiro atoms. The van der Waals surface area contributed by atoms with Gasteiger partial charge in [-0.15, -0.1) is 0 Å². The molecule has 3 heterocycles. The van der Waals surface area contributed by atoms with Crippen LogP contribution in [0.5, 0.6) is 0 Å². The first kappa shape index (κ1) is 15.6. The third-order valence-corrected chi connectivity index (χ3v) is 5.53. The summed E-state index contributed by atoms with van der Waals surface area (Å²) < 4.78 is 0. The van der Waals surface area contributed by atoms with Crippen LogP contribution in [0.2, 0.25) is 5.02 Å². The minimum Gasteiger partial charge on any atom is -0.311 e. The molecule has 0 radical (unpaired) electrons. The second kappa shape index (κ2) is 5.66. The molecule has 0 aliphatic carbocycles. The van der Waals surface area contributed by atoms with Crippen LogP contribution in [0.15, 0.2) is 67.0 Å². The largest absolute Gasteiger partial charge is 0.311 e. The number of rotatable bonds is 2. The summed E-state index contributed by atoms with van der Waals surface area (Å²) in [4.78, 5) is 19.0. The molecule has 2 aliphatic rings. The summed E-state index contributed by atoms with van der Waals surface area (Å²) in [6.45, 7) is 1.44. The van der Waals surface area contributed by atoms with E-state index in [1.54, 1.807) is 12.4 Å². The molecule has 2 aromatic carbocycles. The number of carbonyl (C=O) groups excluding carboxylic acids is 1. The maximum absolute atomic E-state index is 13.0. The van der Waals surface area contributed by atoms with Gasteiger partial charge in [-0.2, -0.15) is 0 Å². The number of benzene rings is 2. The Hall–Kier alpha value is -2.69. The van der Waals surface area contributed by atoms with Crippen LogP contribution >= 0.6 is 11.6 Å². The van der Waals surface area contributed by atoms with E-state index in [0.717, 1.165) is 34.4 Å². The highest BCUT2D eigenvalue weighted by molar-refractivity contribution is 6.30. The standard InChI is InChI=1S/C21H16ClN3O/c22-17-4-2-16(3-5-17)21-19-13-15(14-7-9-23-10-8-14)1-6-18(19)20(26)25(21)12-11-24-21/h1-10,13,24H,11-12H2. The van der Waals surface area contributed by atoms with Crippen LogP contribution in [0.1, 0.15) is 21.5 Å². The summed E-state index contributed by atoms with van der Waals surface area (Å²) in [5, 5.41) is 4.27. The topological polar surface area (TPSA) is 45.2 Å². The van der Waals surface area contributed by atoms with Gasteiger partial charge in [0.2, 0.25) is 0 Å². The fourth-order valence-corrected chi connectivity index (χ4v) is 4.24. The molecule has 3 aromatic rings. The third kappa shape index (κ3) is 2.06. The van der Waals surface area contributed by atoms with Crippen LogP contribution in [0.3, 0.4) is 0 Å². The van der Waals surface area contributed by atoms with Crippen molar-refractivity contribution in [2.24, 2.45) is 0 Å². The van der Waals surface area contributed by atoms with Crippen molar-refractivity contribution in [3.63, 3.8) is 0 Å². The molecular formula is C21H16ClN3O. The van der Waals surface area contributed by atoms with E-state index in [-0.39, 0.29) is 5.91 Å². The molecule has 128 valence electrons. The summed E-state index contributed by atoms with van der Waals surface area (Å²) in [6.07, 6.45) is 3.56. The maximum Gasteiger partial charge on any atom is 0.256 e. The molecule has 2 aliphatic heterocycles. The minimum atomic E-state index is -0.625. The van der Waals surface area contributed by atoms with Crippen molar-refractivity contribution in [1.29, 1.82) is 0 Å². The number of fused-ring (bicyclic) bond motifs is 3. The SMILES string of the molecule is O=C1c2ccc(-c3ccncc3)cc2C2(c3ccc(Cl)cc3)NCCN12. The van der Waals surface area contributed by atoms with Gasteiger partial charge in [-0.25, -0.2) is 0 Å². The molecule has 4 nitrogen and oxygen atoms in total. The number of amides is 1. The molecule has 5 heteroatoms. The summed E-state index contributed by atoms with van der Waals surface area (Å²) in [5.41, 5.74) is 4.31. The minimum absolute atomic E-state index is 0.0706. The monoisotopic (exact) mass is 361 g/mol. The van der Waals surface area contributed by atoms with Crippen molar-refractivity contribution in [2.45, 2.75) is 5.66 Å². The zero-order chi connectivity index (χ0) is 17.7. The fourth-order valence-electron chi connectivity index (χ4n) is 4.11.